The van der Waals surface area contributed by atoms with E-state index in [0.29, 0.717) is 23.6 Å². The molecule has 9 heteroatoms. The molecule has 0 aliphatic carbocycles. The minimum absolute atomic E-state index is 0.276. The van der Waals surface area contributed by atoms with Gasteiger partial charge in [-0.1, -0.05) is 24.3 Å². The Morgan fingerprint density at radius 2 is 2.04 bits per heavy atom. The van der Waals surface area contributed by atoms with Crippen LogP contribution in [-0.4, -0.2) is 35.9 Å². The fourth-order valence-corrected chi connectivity index (χ4v) is 2.81. The van der Waals surface area contributed by atoms with E-state index in [-0.39, 0.29) is 11.7 Å². The fourth-order valence-electron chi connectivity index (χ4n) is 2.81. The van der Waals surface area contributed by atoms with Gasteiger partial charge in [0.05, 0.1) is 18.4 Å². The lowest BCUT2D eigenvalue weighted by Crippen LogP contribution is -2.11. The number of hydrogen-bond acceptors (Lipinski definition) is 5. The van der Waals surface area contributed by atoms with Crippen molar-refractivity contribution in [1.29, 1.82) is 0 Å². The molecule has 140 valence electrons. The molecule has 2 heterocycles. The maximum absolute atomic E-state index is 13.3. The van der Waals surface area contributed by atoms with E-state index in [1.807, 2.05) is 12.1 Å². The number of tetrazole rings is 1. The van der Waals surface area contributed by atoms with Crippen molar-refractivity contribution in [2.45, 2.75) is 6.54 Å². The highest BCUT2D eigenvalue weighted by Gasteiger charge is 2.12. The molecular formula is C19H16FN7O. The molecule has 8 nitrogen and oxygen atoms in total. The molecule has 4 rings (SSSR count). The number of aryl methyl sites for hydroxylation is 1. The van der Waals surface area contributed by atoms with Gasteiger partial charge in [-0.05, 0) is 40.3 Å². The summed E-state index contributed by atoms with van der Waals surface area (Å²) in [5.74, 6) is -0.00368. The molecule has 0 aliphatic heterocycles. The smallest absolute Gasteiger partial charge is 0.255 e. The molecule has 4 aromatic rings. The van der Waals surface area contributed by atoms with Crippen molar-refractivity contribution >= 4 is 11.6 Å². The van der Waals surface area contributed by atoms with E-state index < -0.39 is 0 Å². The lowest BCUT2D eigenvalue weighted by molar-refractivity contribution is 0.102. The van der Waals surface area contributed by atoms with Crippen LogP contribution in [0.1, 0.15) is 15.9 Å². The highest BCUT2D eigenvalue weighted by molar-refractivity contribution is 6.04. The number of aromatic nitrogens is 6. The second kappa shape index (κ2) is 7.39. The van der Waals surface area contributed by atoms with E-state index in [9.17, 15) is 9.18 Å². The Labute approximate surface area is 159 Å². The van der Waals surface area contributed by atoms with Gasteiger partial charge in [0.25, 0.3) is 5.91 Å². The molecule has 28 heavy (non-hydrogen) atoms. The number of rotatable bonds is 5. The zero-order chi connectivity index (χ0) is 19.5. The molecule has 0 unspecified atom stereocenters. The van der Waals surface area contributed by atoms with Gasteiger partial charge in [0.1, 0.15) is 5.82 Å². The van der Waals surface area contributed by atoms with Crippen molar-refractivity contribution in [1.82, 2.24) is 30.0 Å². The standard InChI is InChI=1S/C19H16FN7O/c1-26-18(23-24-25-26)14-5-3-6-15(9-14)19(28)22-17-10-21-27(12-17)11-13-4-2-7-16(20)8-13/h2-10,12H,11H2,1H3,(H,22,28). The van der Waals surface area contributed by atoms with Crippen molar-refractivity contribution < 1.29 is 9.18 Å². The van der Waals surface area contributed by atoms with E-state index in [1.165, 1.54) is 16.8 Å². The number of carbonyl (C=O) groups excluding carboxylic acids is 1. The summed E-state index contributed by atoms with van der Waals surface area (Å²) in [6.45, 7) is 0.405. The molecule has 0 atom stereocenters. The van der Waals surface area contributed by atoms with E-state index in [2.05, 4.69) is 25.9 Å². The maximum atomic E-state index is 13.3. The zero-order valence-corrected chi connectivity index (χ0v) is 15.0. The molecule has 1 amide bonds. The Bertz CT molecular complexity index is 1130. The van der Waals surface area contributed by atoms with E-state index >= 15 is 0 Å². The first kappa shape index (κ1) is 17.5. The van der Waals surface area contributed by atoms with E-state index in [4.69, 9.17) is 0 Å². The van der Waals surface area contributed by atoms with Crippen LogP contribution in [0, 0.1) is 5.82 Å². The summed E-state index contributed by atoms with van der Waals surface area (Å²) in [7, 11) is 1.73. The topological polar surface area (TPSA) is 90.5 Å². The Hall–Kier alpha value is -3.88. The molecule has 1 N–H and O–H groups in total. The first-order valence-electron chi connectivity index (χ1n) is 8.49. The highest BCUT2D eigenvalue weighted by Crippen LogP contribution is 2.18. The molecule has 0 spiro atoms. The van der Waals surface area contributed by atoms with Crippen molar-refractivity contribution in [3.8, 4) is 11.4 Å². The SMILES string of the molecule is Cn1nnnc1-c1cccc(C(=O)Nc2cnn(Cc3cccc(F)c3)c2)c1. The van der Waals surface area contributed by atoms with Gasteiger partial charge >= 0.3 is 0 Å². The van der Waals surface area contributed by atoms with Crippen LogP contribution >= 0.6 is 0 Å². The Kier molecular flexibility index (Phi) is 4.63. The predicted molar refractivity (Wildman–Crippen MR) is 99.9 cm³/mol. The van der Waals surface area contributed by atoms with Gasteiger partial charge in [-0.2, -0.15) is 5.10 Å². The molecule has 0 fully saturated rings. The summed E-state index contributed by atoms with van der Waals surface area (Å²) < 4.78 is 16.5. The van der Waals surface area contributed by atoms with Gasteiger partial charge in [-0.25, -0.2) is 9.07 Å². The normalized spacial score (nSPS) is 10.8. The summed E-state index contributed by atoms with van der Waals surface area (Å²) >= 11 is 0. The number of amides is 1. The van der Waals surface area contributed by atoms with Gasteiger partial charge in [-0.3, -0.25) is 9.48 Å². The van der Waals surface area contributed by atoms with Gasteiger partial charge in [-0.15, -0.1) is 5.10 Å². The summed E-state index contributed by atoms with van der Waals surface area (Å²) in [5.41, 5.74) is 2.54. The Balaban J connectivity index is 1.47. The van der Waals surface area contributed by atoms with Crippen LogP contribution in [0.5, 0.6) is 0 Å². The third-order valence-electron chi connectivity index (χ3n) is 4.13. The number of carbonyl (C=O) groups is 1. The first-order valence-corrected chi connectivity index (χ1v) is 8.49. The van der Waals surface area contributed by atoms with Crippen LogP contribution in [-0.2, 0) is 13.6 Å². The predicted octanol–water partition coefficient (Wildman–Crippen LogP) is 2.51. The first-order chi connectivity index (χ1) is 13.6. The number of hydrogen-bond donors (Lipinski definition) is 1. The van der Waals surface area contributed by atoms with Crippen molar-refractivity contribution in [3.05, 3.63) is 77.9 Å². The van der Waals surface area contributed by atoms with Crippen molar-refractivity contribution in [2.24, 2.45) is 7.05 Å². The number of anilines is 1. The van der Waals surface area contributed by atoms with Crippen LogP contribution in [0.15, 0.2) is 60.9 Å². The van der Waals surface area contributed by atoms with Crippen LogP contribution in [0.2, 0.25) is 0 Å². The summed E-state index contributed by atoms with van der Waals surface area (Å²) in [6, 6.07) is 13.3. The van der Waals surface area contributed by atoms with E-state index in [0.717, 1.165) is 11.1 Å². The molecule has 2 aromatic carbocycles. The lowest BCUT2D eigenvalue weighted by atomic mass is 10.1. The summed E-state index contributed by atoms with van der Waals surface area (Å²) in [5, 5.41) is 18.4. The average Bonchev–Trinajstić information content (AvgIpc) is 3.30. The summed E-state index contributed by atoms with van der Waals surface area (Å²) in [4.78, 5) is 12.6. The van der Waals surface area contributed by atoms with Crippen molar-refractivity contribution in [3.63, 3.8) is 0 Å². The minimum atomic E-state index is -0.295. The average molecular weight is 377 g/mol. The Morgan fingerprint density at radius 3 is 2.82 bits per heavy atom. The molecule has 0 radical (unpaired) electrons. The molecule has 0 bridgehead atoms. The summed E-state index contributed by atoms with van der Waals surface area (Å²) in [6.07, 6.45) is 3.24. The number of nitrogens with zero attached hydrogens (tertiary/aromatic N) is 6. The third-order valence-corrected chi connectivity index (χ3v) is 4.13. The van der Waals surface area contributed by atoms with Crippen LogP contribution in [0.3, 0.4) is 0 Å². The van der Waals surface area contributed by atoms with E-state index in [1.54, 1.807) is 48.4 Å². The van der Waals surface area contributed by atoms with Crippen LogP contribution in [0.25, 0.3) is 11.4 Å². The largest absolute Gasteiger partial charge is 0.319 e. The van der Waals surface area contributed by atoms with Gasteiger partial charge < -0.3 is 5.32 Å². The lowest BCUT2D eigenvalue weighted by Gasteiger charge is -2.05. The van der Waals surface area contributed by atoms with Crippen LogP contribution in [0.4, 0.5) is 10.1 Å². The highest BCUT2D eigenvalue weighted by atomic mass is 19.1. The quantitative estimate of drug-likeness (QED) is 0.577. The third kappa shape index (κ3) is 3.78. The minimum Gasteiger partial charge on any atom is -0.319 e. The molecule has 0 saturated carbocycles. The Morgan fingerprint density at radius 1 is 1.18 bits per heavy atom. The zero-order valence-electron chi connectivity index (χ0n) is 15.0. The molecule has 2 aromatic heterocycles. The fraction of sp³-hybridized carbons (Fsp3) is 0.105. The second-order valence-corrected chi connectivity index (χ2v) is 6.22. The number of benzene rings is 2. The van der Waals surface area contributed by atoms with Crippen molar-refractivity contribution in [2.75, 3.05) is 5.32 Å². The van der Waals surface area contributed by atoms with Crippen LogP contribution < -0.4 is 5.32 Å². The second-order valence-electron chi connectivity index (χ2n) is 6.22. The van der Waals surface area contributed by atoms with Gasteiger partial charge in [0.2, 0.25) is 0 Å². The monoisotopic (exact) mass is 377 g/mol. The molecular weight excluding hydrogens is 361 g/mol. The van der Waals surface area contributed by atoms with Gasteiger partial charge in [0, 0.05) is 24.4 Å². The molecule has 0 aliphatic rings. The number of nitrogens with one attached hydrogen (secondary N) is 1. The number of halogens is 1. The molecule has 0 saturated heterocycles. The maximum Gasteiger partial charge on any atom is 0.255 e. The van der Waals surface area contributed by atoms with Gasteiger partial charge in [0.15, 0.2) is 5.82 Å².